The van der Waals surface area contributed by atoms with Gasteiger partial charge in [0.1, 0.15) is 11.6 Å². The topological polar surface area (TPSA) is 85.6 Å². The number of nitriles is 1. The predicted molar refractivity (Wildman–Crippen MR) is 101 cm³/mol. The Balaban J connectivity index is 2.51. The average molecular weight is 359 g/mol. The van der Waals surface area contributed by atoms with Crippen molar-refractivity contribution in [3.8, 4) is 6.07 Å². The highest BCUT2D eigenvalue weighted by atomic mass is 16.5. The van der Waals surface area contributed by atoms with Crippen LogP contribution in [0.3, 0.4) is 0 Å². The molecule has 1 aromatic carbocycles. The standard InChI is InChI=1S/C20H29N3O3/c1-2-3-13-26-14-7-10-22-20(25)19(15-21)17-23(11-12-24)16-18-8-5-4-6-9-18/h4-6,8-9,17,24H,2-3,7,10-14,16H2,1H3,(H,22,25)/b19-17-. The summed E-state index contributed by atoms with van der Waals surface area (Å²) in [5.41, 5.74) is 1.07. The Morgan fingerprint density at radius 3 is 2.69 bits per heavy atom. The van der Waals surface area contributed by atoms with Gasteiger partial charge in [0.2, 0.25) is 0 Å². The number of ether oxygens (including phenoxy) is 1. The first-order valence-electron chi connectivity index (χ1n) is 9.08. The summed E-state index contributed by atoms with van der Waals surface area (Å²) in [6, 6.07) is 11.6. The highest BCUT2D eigenvalue weighted by Gasteiger charge is 2.11. The minimum absolute atomic E-state index is 0.0290. The summed E-state index contributed by atoms with van der Waals surface area (Å²) in [6.45, 7) is 4.71. The first-order chi connectivity index (χ1) is 12.7. The summed E-state index contributed by atoms with van der Waals surface area (Å²) in [4.78, 5) is 13.9. The van der Waals surface area contributed by atoms with E-state index >= 15 is 0 Å². The maximum atomic E-state index is 12.2. The summed E-state index contributed by atoms with van der Waals surface area (Å²) >= 11 is 0. The average Bonchev–Trinajstić information content (AvgIpc) is 2.66. The Kier molecular flexibility index (Phi) is 11.6. The van der Waals surface area contributed by atoms with Crippen LogP contribution in [0.25, 0.3) is 0 Å². The zero-order valence-corrected chi connectivity index (χ0v) is 15.5. The molecular formula is C20H29N3O3. The predicted octanol–water partition coefficient (Wildman–Crippen LogP) is 2.21. The van der Waals surface area contributed by atoms with E-state index < -0.39 is 5.91 Å². The molecule has 0 bridgehead atoms. The van der Waals surface area contributed by atoms with E-state index in [1.54, 1.807) is 4.90 Å². The lowest BCUT2D eigenvalue weighted by atomic mass is 10.2. The van der Waals surface area contributed by atoms with Gasteiger partial charge in [0, 0.05) is 39.0 Å². The molecule has 0 spiro atoms. The fraction of sp³-hybridized carbons (Fsp3) is 0.500. The van der Waals surface area contributed by atoms with Crippen LogP contribution in [-0.2, 0) is 16.1 Å². The molecule has 0 saturated heterocycles. The molecule has 0 aliphatic carbocycles. The molecule has 2 N–H and O–H groups in total. The van der Waals surface area contributed by atoms with Crippen molar-refractivity contribution < 1.29 is 14.6 Å². The number of aliphatic hydroxyl groups is 1. The second-order valence-electron chi connectivity index (χ2n) is 5.91. The Morgan fingerprint density at radius 1 is 1.31 bits per heavy atom. The lowest BCUT2D eigenvalue weighted by Crippen LogP contribution is -2.29. The molecule has 142 valence electrons. The number of hydrogen-bond donors (Lipinski definition) is 2. The van der Waals surface area contributed by atoms with Gasteiger partial charge in [0.15, 0.2) is 0 Å². The fourth-order valence-electron chi connectivity index (χ4n) is 2.28. The van der Waals surface area contributed by atoms with Crippen LogP contribution in [0, 0.1) is 11.3 Å². The molecule has 0 atom stereocenters. The minimum Gasteiger partial charge on any atom is -0.395 e. The maximum Gasteiger partial charge on any atom is 0.263 e. The zero-order chi connectivity index (χ0) is 19.0. The summed E-state index contributed by atoms with van der Waals surface area (Å²) in [6.07, 6.45) is 4.35. The van der Waals surface area contributed by atoms with Gasteiger partial charge in [-0.3, -0.25) is 4.79 Å². The Hall–Kier alpha value is -2.36. The molecule has 0 fully saturated rings. The number of nitrogens with one attached hydrogen (secondary N) is 1. The third-order valence-electron chi connectivity index (χ3n) is 3.69. The van der Waals surface area contributed by atoms with Gasteiger partial charge in [-0.05, 0) is 18.4 Å². The van der Waals surface area contributed by atoms with Crippen LogP contribution in [0.15, 0.2) is 42.1 Å². The van der Waals surface area contributed by atoms with Gasteiger partial charge in [0.05, 0.1) is 6.61 Å². The molecular weight excluding hydrogens is 330 g/mol. The van der Waals surface area contributed by atoms with Crippen molar-refractivity contribution in [3.63, 3.8) is 0 Å². The summed E-state index contributed by atoms with van der Waals surface area (Å²) in [7, 11) is 0. The van der Waals surface area contributed by atoms with Gasteiger partial charge >= 0.3 is 0 Å². The number of carbonyl (C=O) groups excluding carboxylic acids is 1. The van der Waals surface area contributed by atoms with Crippen LogP contribution in [0.1, 0.15) is 31.7 Å². The van der Waals surface area contributed by atoms with Crippen LogP contribution in [0.5, 0.6) is 0 Å². The molecule has 1 aromatic rings. The van der Waals surface area contributed by atoms with Crippen molar-refractivity contribution in [1.29, 1.82) is 5.26 Å². The van der Waals surface area contributed by atoms with Crippen molar-refractivity contribution >= 4 is 5.91 Å². The monoisotopic (exact) mass is 359 g/mol. The van der Waals surface area contributed by atoms with Gasteiger partial charge < -0.3 is 20.1 Å². The molecule has 0 aliphatic heterocycles. The number of unbranched alkanes of at least 4 members (excludes halogenated alkanes) is 1. The van der Waals surface area contributed by atoms with E-state index in [4.69, 9.17) is 4.74 Å². The molecule has 1 rings (SSSR count). The quantitative estimate of drug-likeness (QED) is 0.320. The maximum absolute atomic E-state index is 12.2. The third-order valence-corrected chi connectivity index (χ3v) is 3.69. The fourth-order valence-corrected chi connectivity index (χ4v) is 2.28. The molecule has 0 saturated carbocycles. The first-order valence-corrected chi connectivity index (χ1v) is 9.08. The second-order valence-corrected chi connectivity index (χ2v) is 5.91. The van der Waals surface area contributed by atoms with Crippen molar-refractivity contribution in [1.82, 2.24) is 10.2 Å². The van der Waals surface area contributed by atoms with Crippen LogP contribution in [0.4, 0.5) is 0 Å². The van der Waals surface area contributed by atoms with E-state index in [2.05, 4.69) is 12.2 Å². The highest BCUT2D eigenvalue weighted by molar-refractivity contribution is 5.97. The van der Waals surface area contributed by atoms with Crippen molar-refractivity contribution in [2.45, 2.75) is 32.7 Å². The second kappa shape index (κ2) is 13.9. The molecule has 0 heterocycles. The first kappa shape index (κ1) is 21.7. The number of nitrogens with zero attached hydrogens (tertiary/aromatic N) is 2. The van der Waals surface area contributed by atoms with E-state index in [0.717, 1.165) is 25.0 Å². The SMILES string of the molecule is CCCCOCCCNC(=O)/C(C#N)=C\N(CCO)Cc1ccccc1. The van der Waals surface area contributed by atoms with E-state index in [1.807, 2.05) is 36.4 Å². The van der Waals surface area contributed by atoms with Gasteiger partial charge in [-0.25, -0.2) is 0 Å². The molecule has 6 nitrogen and oxygen atoms in total. The smallest absolute Gasteiger partial charge is 0.263 e. The number of carbonyl (C=O) groups is 1. The van der Waals surface area contributed by atoms with Gasteiger partial charge in [-0.1, -0.05) is 43.7 Å². The van der Waals surface area contributed by atoms with Crippen molar-refractivity contribution in [2.24, 2.45) is 0 Å². The molecule has 1 amide bonds. The lowest BCUT2D eigenvalue weighted by molar-refractivity contribution is -0.117. The summed E-state index contributed by atoms with van der Waals surface area (Å²) in [5, 5.41) is 21.3. The van der Waals surface area contributed by atoms with E-state index in [9.17, 15) is 15.2 Å². The van der Waals surface area contributed by atoms with Crippen LogP contribution in [0.2, 0.25) is 0 Å². The molecule has 6 heteroatoms. The number of amides is 1. The van der Waals surface area contributed by atoms with Crippen LogP contribution in [-0.4, -0.2) is 48.8 Å². The third kappa shape index (κ3) is 9.21. The van der Waals surface area contributed by atoms with E-state index in [-0.39, 0.29) is 12.2 Å². The van der Waals surface area contributed by atoms with Gasteiger partial charge in [0.25, 0.3) is 5.91 Å². The lowest BCUT2D eigenvalue weighted by Gasteiger charge is -2.20. The molecule has 0 unspecified atom stereocenters. The normalized spacial score (nSPS) is 11.0. The molecule has 0 radical (unpaired) electrons. The van der Waals surface area contributed by atoms with Gasteiger partial charge in [-0.2, -0.15) is 5.26 Å². The number of hydrogen-bond acceptors (Lipinski definition) is 5. The van der Waals surface area contributed by atoms with Crippen molar-refractivity contribution in [3.05, 3.63) is 47.7 Å². The summed E-state index contributed by atoms with van der Waals surface area (Å²) < 4.78 is 5.44. The van der Waals surface area contributed by atoms with E-state index in [0.29, 0.717) is 32.7 Å². The largest absolute Gasteiger partial charge is 0.395 e. The molecule has 0 aliphatic rings. The van der Waals surface area contributed by atoms with E-state index in [1.165, 1.54) is 6.20 Å². The Labute approximate surface area is 156 Å². The number of aliphatic hydroxyl groups excluding tert-OH is 1. The Bertz CT molecular complexity index is 582. The Morgan fingerprint density at radius 2 is 2.04 bits per heavy atom. The summed E-state index contributed by atoms with van der Waals surface area (Å²) in [5.74, 6) is -0.406. The minimum atomic E-state index is -0.406. The van der Waals surface area contributed by atoms with Crippen molar-refractivity contribution in [2.75, 3.05) is 32.9 Å². The molecule has 0 aromatic heterocycles. The molecule has 26 heavy (non-hydrogen) atoms. The number of rotatable bonds is 13. The van der Waals surface area contributed by atoms with Crippen LogP contribution >= 0.6 is 0 Å². The number of benzene rings is 1. The van der Waals surface area contributed by atoms with Gasteiger partial charge in [-0.15, -0.1) is 0 Å². The highest BCUT2D eigenvalue weighted by Crippen LogP contribution is 2.07. The zero-order valence-electron chi connectivity index (χ0n) is 15.5. The van der Waals surface area contributed by atoms with Crippen LogP contribution < -0.4 is 5.32 Å².